The maximum absolute atomic E-state index is 12.9. The van der Waals surface area contributed by atoms with Crippen LogP contribution in [-0.4, -0.2) is 40.3 Å². The molecule has 9 heteroatoms. The predicted molar refractivity (Wildman–Crippen MR) is 64.4 cm³/mol. The quantitative estimate of drug-likeness (QED) is 0.886. The van der Waals surface area contributed by atoms with Gasteiger partial charge in [0.05, 0.1) is 11.8 Å². The molecule has 1 N–H and O–H groups in total. The van der Waals surface area contributed by atoms with Gasteiger partial charge in [-0.1, -0.05) is 0 Å². The lowest BCUT2D eigenvalue weighted by Gasteiger charge is -2.18. The van der Waals surface area contributed by atoms with Crippen LogP contribution < -0.4 is 4.90 Å². The molecule has 1 saturated heterocycles. The number of anilines is 1. The number of carbonyl (C=O) groups is 1. The minimum atomic E-state index is -4.61. The Morgan fingerprint density at radius 1 is 1.48 bits per heavy atom. The van der Waals surface area contributed by atoms with Crippen molar-refractivity contribution in [3.8, 4) is 6.07 Å². The summed E-state index contributed by atoms with van der Waals surface area (Å²) < 4.78 is 38.7. The van der Waals surface area contributed by atoms with Gasteiger partial charge < -0.3 is 10.0 Å². The first kappa shape index (κ1) is 15.0. The van der Waals surface area contributed by atoms with Crippen LogP contribution in [0.1, 0.15) is 11.4 Å². The molecule has 2 heterocycles. The maximum Gasteiger partial charge on any atom is 0.394 e. The molecule has 0 radical (unpaired) electrons. The third kappa shape index (κ3) is 3.04. The van der Waals surface area contributed by atoms with E-state index in [9.17, 15) is 18.0 Å². The molecule has 0 bridgehead atoms. The molecule has 6 nitrogen and oxygen atoms in total. The van der Waals surface area contributed by atoms with Crippen LogP contribution in [0.5, 0.6) is 0 Å². The van der Waals surface area contributed by atoms with Crippen LogP contribution in [0, 0.1) is 30.1 Å². The van der Waals surface area contributed by atoms with E-state index >= 15 is 0 Å². The zero-order valence-electron chi connectivity index (χ0n) is 10.9. The summed E-state index contributed by atoms with van der Waals surface area (Å²) in [6.07, 6.45) is -4.61. The van der Waals surface area contributed by atoms with Gasteiger partial charge in [-0.05, 0) is 13.0 Å². The molecule has 1 aromatic rings. The van der Waals surface area contributed by atoms with Crippen molar-refractivity contribution in [2.45, 2.75) is 13.1 Å². The number of hydrogen-bond donors (Lipinski definition) is 1. The number of carboxylic acids is 1. The molecule has 1 aliphatic heterocycles. The molecule has 0 amide bonds. The highest BCUT2D eigenvalue weighted by atomic mass is 19.4. The number of alkyl halides is 3. The van der Waals surface area contributed by atoms with Crippen LogP contribution in [-0.2, 0) is 4.79 Å². The van der Waals surface area contributed by atoms with Crippen molar-refractivity contribution in [3.63, 3.8) is 0 Å². The van der Waals surface area contributed by atoms with E-state index in [1.54, 1.807) is 13.0 Å². The van der Waals surface area contributed by atoms with Gasteiger partial charge in [-0.2, -0.15) is 18.4 Å². The normalized spacial score (nSPS) is 22.1. The Balaban J connectivity index is 2.33. The molecular formula is C12H11F3N4O2. The molecule has 2 rings (SSSR count). The highest BCUT2D eigenvalue weighted by Gasteiger charge is 2.53. The summed E-state index contributed by atoms with van der Waals surface area (Å²) >= 11 is 0. The zero-order valence-corrected chi connectivity index (χ0v) is 10.9. The van der Waals surface area contributed by atoms with E-state index < -0.39 is 30.5 Å². The van der Waals surface area contributed by atoms with Crippen LogP contribution >= 0.6 is 0 Å². The number of aryl methyl sites for hydroxylation is 1. The number of nitriles is 1. The minimum Gasteiger partial charge on any atom is -0.481 e. The summed E-state index contributed by atoms with van der Waals surface area (Å²) in [7, 11) is 0. The molecule has 1 aliphatic rings. The summed E-state index contributed by atoms with van der Waals surface area (Å²) in [6.45, 7) is 0.709. The highest BCUT2D eigenvalue weighted by Crippen LogP contribution is 2.38. The molecule has 0 aliphatic carbocycles. The molecule has 112 valence electrons. The average Bonchev–Trinajstić information content (AvgIpc) is 2.83. The molecule has 0 unspecified atom stereocenters. The van der Waals surface area contributed by atoms with E-state index in [-0.39, 0.29) is 18.2 Å². The van der Waals surface area contributed by atoms with Gasteiger partial charge in [0.2, 0.25) is 5.95 Å². The van der Waals surface area contributed by atoms with Crippen molar-refractivity contribution in [1.29, 1.82) is 5.26 Å². The Morgan fingerprint density at radius 3 is 2.62 bits per heavy atom. The van der Waals surface area contributed by atoms with Crippen molar-refractivity contribution < 1.29 is 23.1 Å². The summed E-state index contributed by atoms with van der Waals surface area (Å²) in [5, 5.41) is 17.8. The molecule has 0 saturated carbocycles. The van der Waals surface area contributed by atoms with Crippen molar-refractivity contribution in [2.24, 2.45) is 11.8 Å². The van der Waals surface area contributed by atoms with E-state index in [1.807, 2.05) is 0 Å². The molecule has 1 fully saturated rings. The fraction of sp³-hybridized carbons (Fsp3) is 0.500. The third-order valence-electron chi connectivity index (χ3n) is 3.30. The summed E-state index contributed by atoms with van der Waals surface area (Å²) in [5.41, 5.74) is 0.457. The molecule has 21 heavy (non-hydrogen) atoms. The molecule has 0 aromatic carbocycles. The van der Waals surface area contributed by atoms with E-state index in [4.69, 9.17) is 10.4 Å². The van der Waals surface area contributed by atoms with E-state index in [0.717, 1.165) is 4.90 Å². The first-order chi connectivity index (χ1) is 9.72. The number of nitrogens with zero attached hydrogens (tertiary/aromatic N) is 4. The standard InChI is InChI=1S/C12H11F3N4O2/c1-6-2-7(3-16)18-11(17-6)19-4-8(10(20)21)9(5-19)12(13,14)15/h2,8-9H,4-5H2,1H3,(H,20,21)/t8-,9-/m1/s1. The van der Waals surface area contributed by atoms with Crippen LogP contribution in [0.4, 0.5) is 19.1 Å². The number of aliphatic carboxylic acids is 1. The Bertz CT molecular complexity index is 612. The average molecular weight is 300 g/mol. The smallest absolute Gasteiger partial charge is 0.394 e. The highest BCUT2D eigenvalue weighted by molar-refractivity contribution is 5.72. The summed E-state index contributed by atoms with van der Waals surface area (Å²) in [4.78, 5) is 20.0. The topological polar surface area (TPSA) is 90.1 Å². The summed E-state index contributed by atoms with van der Waals surface area (Å²) in [5.74, 6) is -5.11. The lowest BCUT2D eigenvalue weighted by Crippen LogP contribution is -2.33. The Morgan fingerprint density at radius 2 is 2.14 bits per heavy atom. The monoisotopic (exact) mass is 300 g/mol. The number of halogens is 3. The lowest BCUT2D eigenvalue weighted by atomic mass is 9.96. The molecule has 2 atom stereocenters. The van der Waals surface area contributed by atoms with Gasteiger partial charge in [0.15, 0.2) is 0 Å². The zero-order chi connectivity index (χ0) is 15.8. The predicted octanol–water partition coefficient (Wildman–Crippen LogP) is 1.36. The van der Waals surface area contributed by atoms with Gasteiger partial charge in [-0.3, -0.25) is 4.79 Å². The van der Waals surface area contributed by atoms with E-state index in [0.29, 0.717) is 5.69 Å². The third-order valence-corrected chi connectivity index (χ3v) is 3.30. The van der Waals surface area contributed by atoms with E-state index in [1.165, 1.54) is 6.07 Å². The number of hydrogen-bond acceptors (Lipinski definition) is 5. The first-order valence-corrected chi connectivity index (χ1v) is 6.02. The van der Waals surface area contributed by atoms with Crippen molar-refractivity contribution in [1.82, 2.24) is 9.97 Å². The van der Waals surface area contributed by atoms with Crippen LogP contribution in [0.2, 0.25) is 0 Å². The van der Waals surface area contributed by atoms with Gasteiger partial charge in [-0.25, -0.2) is 9.97 Å². The Labute approximate surface area is 117 Å². The molecule has 0 spiro atoms. The van der Waals surface area contributed by atoms with E-state index in [2.05, 4.69) is 9.97 Å². The lowest BCUT2D eigenvalue weighted by molar-refractivity contribution is -0.187. The van der Waals surface area contributed by atoms with Crippen molar-refractivity contribution >= 4 is 11.9 Å². The Hall–Kier alpha value is -2.37. The second-order valence-corrected chi connectivity index (χ2v) is 4.80. The Kier molecular flexibility index (Phi) is 3.72. The fourth-order valence-electron chi connectivity index (χ4n) is 2.30. The van der Waals surface area contributed by atoms with Crippen LogP contribution in [0.3, 0.4) is 0 Å². The minimum absolute atomic E-state index is 0.0276. The number of aromatic nitrogens is 2. The van der Waals surface area contributed by atoms with Gasteiger partial charge in [0.25, 0.3) is 0 Å². The van der Waals surface area contributed by atoms with Crippen molar-refractivity contribution in [2.75, 3.05) is 18.0 Å². The van der Waals surface area contributed by atoms with Crippen molar-refractivity contribution in [3.05, 3.63) is 17.5 Å². The first-order valence-electron chi connectivity index (χ1n) is 6.02. The van der Waals surface area contributed by atoms with Crippen LogP contribution in [0.15, 0.2) is 6.07 Å². The van der Waals surface area contributed by atoms with Gasteiger partial charge in [0.1, 0.15) is 11.8 Å². The van der Waals surface area contributed by atoms with Gasteiger partial charge in [0, 0.05) is 18.8 Å². The van der Waals surface area contributed by atoms with Crippen LogP contribution in [0.25, 0.3) is 0 Å². The second kappa shape index (κ2) is 5.20. The van der Waals surface area contributed by atoms with Gasteiger partial charge >= 0.3 is 12.1 Å². The fourth-order valence-corrected chi connectivity index (χ4v) is 2.30. The number of carboxylic acid groups (broad SMARTS) is 1. The second-order valence-electron chi connectivity index (χ2n) is 4.80. The summed E-state index contributed by atoms with van der Waals surface area (Å²) in [6, 6.07) is 3.19. The molecular weight excluding hydrogens is 289 g/mol. The van der Waals surface area contributed by atoms with Gasteiger partial charge in [-0.15, -0.1) is 0 Å². The largest absolute Gasteiger partial charge is 0.481 e. The maximum atomic E-state index is 12.9. The number of rotatable bonds is 2. The molecule has 1 aromatic heterocycles. The SMILES string of the molecule is Cc1cc(C#N)nc(N2C[C@@H](C(F)(F)F)[C@H](C(=O)O)C2)n1.